The van der Waals surface area contributed by atoms with Gasteiger partial charge in [-0.2, -0.15) is 15.4 Å². The van der Waals surface area contributed by atoms with Gasteiger partial charge in [-0.15, -0.1) is 0 Å². The van der Waals surface area contributed by atoms with E-state index in [-0.39, 0.29) is 5.91 Å². The Morgan fingerprint density at radius 2 is 1.77 bits per heavy atom. The lowest BCUT2D eigenvalue weighted by atomic mass is 10.0. The summed E-state index contributed by atoms with van der Waals surface area (Å²) in [5, 5.41) is 10.7. The van der Waals surface area contributed by atoms with Gasteiger partial charge >= 0.3 is 0 Å². The van der Waals surface area contributed by atoms with Crippen molar-refractivity contribution >= 4 is 22.6 Å². The minimum Gasteiger partial charge on any atom is -0.308 e. The van der Waals surface area contributed by atoms with Crippen LogP contribution in [0.3, 0.4) is 0 Å². The Hall–Kier alpha value is -3.54. The molecule has 126 valence electrons. The molecular weight excluding hydrogens is 326 g/mol. The lowest BCUT2D eigenvalue weighted by Crippen LogP contribution is -2.28. The molecule has 2 aromatic carbocycles. The van der Waals surface area contributed by atoms with Crippen molar-refractivity contribution in [3.8, 4) is 11.1 Å². The number of anilines is 1. The van der Waals surface area contributed by atoms with Crippen molar-refractivity contribution in [1.29, 1.82) is 0 Å². The fraction of sp³-hybridized carbons (Fsp3) is 0.100. The van der Waals surface area contributed by atoms with E-state index < -0.39 is 0 Å². The van der Waals surface area contributed by atoms with E-state index in [1.165, 1.54) is 5.56 Å². The van der Waals surface area contributed by atoms with Crippen molar-refractivity contribution in [1.82, 2.24) is 20.4 Å². The van der Waals surface area contributed by atoms with E-state index in [4.69, 9.17) is 0 Å². The van der Waals surface area contributed by atoms with E-state index in [2.05, 4.69) is 32.5 Å². The van der Waals surface area contributed by atoms with Crippen LogP contribution >= 0.6 is 0 Å². The molecule has 0 unspecified atom stereocenters. The molecule has 3 heterocycles. The Labute approximate surface area is 149 Å². The third-order valence-corrected chi connectivity index (χ3v) is 4.80. The van der Waals surface area contributed by atoms with Gasteiger partial charge in [0, 0.05) is 30.2 Å². The highest BCUT2D eigenvalue weighted by Gasteiger charge is 2.26. The maximum absolute atomic E-state index is 13.0. The molecule has 26 heavy (non-hydrogen) atoms. The predicted molar refractivity (Wildman–Crippen MR) is 98.9 cm³/mol. The standard InChI is InChI=1S/C20H15N5O/c26-20(16-1-3-17-18(12-16)23-24-22-17)25-10-7-15-11-14(2-4-19(15)25)13-5-8-21-9-6-13/h1-6,8-9,11-12H,7,10H2,(H,22,23,24). The molecule has 0 saturated heterocycles. The molecule has 0 saturated carbocycles. The summed E-state index contributed by atoms with van der Waals surface area (Å²) in [7, 11) is 0. The van der Waals surface area contributed by atoms with Gasteiger partial charge in [0.25, 0.3) is 5.91 Å². The van der Waals surface area contributed by atoms with Crippen LogP contribution < -0.4 is 4.90 Å². The number of fused-ring (bicyclic) bond motifs is 2. The Morgan fingerprint density at radius 3 is 2.65 bits per heavy atom. The normalized spacial score (nSPS) is 13.2. The maximum Gasteiger partial charge on any atom is 0.258 e. The van der Waals surface area contributed by atoms with Crippen molar-refractivity contribution in [2.45, 2.75) is 6.42 Å². The molecule has 1 N–H and O–H groups in total. The average molecular weight is 341 g/mol. The third kappa shape index (κ3) is 2.35. The highest BCUT2D eigenvalue weighted by molar-refractivity contribution is 6.08. The zero-order valence-electron chi connectivity index (χ0n) is 13.9. The number of nitrogens with zero attached hydrogens (tertiary/aromatic N) is 4. The fourth-order valence-corrected chi connectivity index (χ4v) is 3.47. The quantitative estimate of drug-likeness (QED) is 0.607. The van der Waals surface area contributed by atoms with Crippen molar-refractivity contribution in [2.75, 3.05) is 11.4 Å². The van der Waals surface area contributed by atoms with Crippen LogP contribution in [0, 0.1) is 0 Å². The Kier molecular flexibility index (Phi) is 3.28. The fourth-order valence-electron chi connectivity index (χ4n) is 3.47. The van der Waals surface area contributed by atoms with E-state index in [9.17, 15) is 4.79 Å². The number of H-pyrrole nitrogens is 1. The van der Waals surface area contributed by atoms with E-state index in [1.807, 2.05) is 29.2 Å². The number of pyridine rings is 1. The van der Waals surface area contributed by atoms with Crippen molar-refractivity contribution in [3.05, 3.63) is 72.1 Å². The number of amides is 1. The summed E-state index contributed by atoms with van der Waals surface area (Å²) in [6.45, 7) is 0.685. The smallest absolute Gasteiger partial charge is 0.258 e. The van der Waals surface area contributed by atoms with Crippen LogP contribution in [0.4, 0.5) is 5.69 Å². The molecule has 6 nitrogen and oxygen atoms in total. The molecule has 6 heteroatoms. The van der Waals surface area contributed by atoms with Crippen LogP contribution in [0.15, 0.2) is 60.9 Å². The van der Waals surface area contributed by atoms with Gasteiger partial charge in [-0.1, -0.05) is 6.07 Å². The predicted octanol–water partition coefficient (Wildman–Crippen LogP) is 3.22. The number of carbonyl (C=O) groups is 1. The second-order valence-corrected chi connectivity index (χ2v) is 6.31. The van der Waals surface area contributed by atoms with Gasteiger partial charge in [0.15, 0.2) is 0 Å². The van der Waals surface area contributed by atoms with E-state index in [0.29, 0.717) is 17.6 Å². The molecule has 0 spiro atoms. The van der Waals surface area contributed by atoms with Gasteiger partial charge in [-0.05, 0) is 65.6 Å². The average Bonchev–Trinajstić information content (AvgIpc) is 3.33. The van der Waals surface area contributed by atoms with Gasteiger partial charge in [0.05, 0.1) is 0 Å². The summed E-state index contributed by atoms with van der Waals surface area (Å²) in [4.78, 5) is 18.9. The number of rotatable bonds is 2. The molecule has 0 aliphatic carbocycles. The monoisotopic (exact) mass is 341 g/mol. The zero-order valence-corrected chi connectivity index (χ0v) is 13.9. The van der Waals surface area contributed by atoms with E-state index >= 15 is 0 Å². The van der Waals surface area contributed by atoms with E-state index in [1.54, 1.807) is 24.5 Å². The maximum atomic E-state index is 13.0. The molecule has 0 bridgehead atoms. The van der Waals surface area contributed by atoms with Crippen LogP contribution in [0.25, 0.3) is 22.2 Å². The molecule has 0 radical (unpaired) electrons. The SMILES string of the molecule is O=C(c1ccc2n[nH]nc2c1)N1CCc2cc(-c3ccncc3)ccc21. The van der Waals surface area contributed by atoms with Crippen molar-refractivity contribution in [2.24, 2.45) is 0 Å². The number of nitrogens with one attached hydrogen (secondary N) is 1. The second-order valence-electron chi connectivity index (χ2n) is 6.31. The Bertz CT molecular complexity index is 1120. The highest BCUT2D eigenvalue weighted by atomic mass is 16.2. The number of aromatic amines is 1. The largest absolute Gasteiger partial charge is 0.308 e. The summed E-state index contributed by atoms with van der Waals surface area (Å²) < 4.78 is 0. The molecule has 5 rings (SSSR count). The summed E-state index contributed by atoms with van der Waals surface area (Å²) in [5.41, 5.74) is 6.52. The van der Waals surface area contributed by atoms with Gasteiger partial charge in [0.2, 0.25) is 0 Å². The first kappa shape index (κ1) is 14.8. The number of hydrogen-bond donors (Lipinski definition) is 1. The van der Waals surface area contributed by atoms with Gasteiger partial charge < -0.3 is 4.90 Å². The Morgan fingerprint density at radius 1 is 0.923 bits per heavy atom. The molecule has 4 aromatic rings. The number of hydrogen-bond acceptors (Lipinski definition) is 4. The number of benzene rings is 2. The minimum atomic E-state index is -0.00897. The summed E-state index contributed by atoms with van der Waals surface area (Å²) in [5.74, 6) is -0.00897. The topological polar surface area (TPSA) is 74.8 Å². The molecule has 1 aliphatic rings. The molecule has 2 aromatic heterocycles. The summed E-state index contributed by atoms with van der Waals surface area (Å²) in [6.07, 6.45) is 4.43. The number of carbonyl (C=O) groups excluding carboxylic acids is 1. The molecule has 1 aliphatic heterocycles. The van der Waals surface area contributed by atoms with Crippen molar-refractivity contribution in [3.63, 3.8) is 0 Å². The lowest BCUT2D eigenvalue weighted by molar-refractivity contribution is 0.0989. The van der Waals surface area contributed by atoms with Crippen LogP contribution in [-0.4, -0.2) is 32.8 Å². The van der Waals surface area contributed by atoms with Crippen LogP contribution in [0.5, 0.6) is 0 Å². The first-order valence-corrected chi connectivity index (χ1v) is 8.45. The van der Waals surface area contributed by atoms with Crippen molar-refractivity contribution < 1.29 is 4.79 Å². The van der Waals surface area contributed by atoms with Gasteiger partial charge in [0.1, 0.15) is 11.0 Å². The summed E-state index contributed by atoms with van der Waals surface area (Å²) in [6, 6.07) is 15.6. The van der Waals surface area contributed by atoms with E-state index in [0.717, 1.165) is 28.8 Å². The first-order chi connectivity index (χ1) is 12.8. The van der Waals surface area contributed by atoms with Crippen LogP contribution in [0.2, 0.25) is 0 Å². The van der Waals surface area contributed by atoms with Gasteiger partial charge in [-0.3, -0.25) is 9.78 Å². The lowest BCUT2D eigenvalue weighted by Gasteiger charge is -2.17. The molecule has 0 atom stereocenters. The van der Waals surface area contributed by atoms with Crippen LogP contribution in [-0.2, 0) is 6.42 Å². The summed E-state index contributed by atoms with van der Waals surface area (Å²) >= 11 is 0. The second kappa shape index (κ2) is 5.77. The minimum absolute atomic E-state index is 0.00897. The Balaban J connectivity index is 1.48. The van der Waals surface area contributed by atoms with Crippen LogP contribution in [0.1, 0.15) is 15.9 Å². The highest BCUT2D eigenvalue weighted by Crippen LogP contribution is 2.33. The molecular formula is C20H15N5O. The molecule has 1 amide bonds. The first-order valence-electron chi connectivity index (χ1n) is 8.45. The number of aromatic nitrogens is 4. The van der Waals surface area contributed by atoms with Gasteiger partial charge in [-0.25, -0.2) is 0 Å². The third-order valence-electron chi connectivity index (χ3n) is 4.80. The zero-order chi connectivity index (χ0) is 17.5. The molecule has 0 fully saturated rings.